The van der Waals surface area contributed by atoms with Gasteiger partial charge in [-0.05, 0) is 16.8 Å². The highest BCUT2D eigenvalue weighted by Crippen LogP contribution is 2.39. The summed E-state index contributed by atoms with van der Waals surface area (Å²) in [6.07, 6.45) is -0.678. The van der Waals surface area contributed by atoms with Gasteiger partial charge in [0.15, 0.2) is 17.3 Å². The Labute approximate surface area is 169 Å². The van der Waals surface area contributed by atoms with Crippen LogP contribution in [0.1, 0.15) is 22.5 Å². The van der Waals surface area contributed by atoms with Crippen molar-refractivity contribution < 1.29 is 33.7 Å². The molecular formula is C19H14ClN3O6. The number of aromatic nitrogens is 2. The molecule has 2 aromatic carbocycles. The SMILES string of the molecule is COc1cc(Cl)ccc1-[n+]1noc([O-])c1C(=O)CC1(O)C(=O)Nc2ccccc21. The number of nitrogens with zero attached hydrogens (tertiary/aromatic N) is 2. The Balaban J connectivity index is 1.75. The number of benzene rings is 2. The minimum atomic E-state index is -2.13. The number of Topliss-reactive ketones (excluding diaryl/α,β-unsaturated/α-hetero) is 1. The zero-order chi connectivity index (χ0) is 20.8. The number of methoxy groups -OCH3 is 1. The smallest absolute Gasteiger partial charge is 0.306 e. The highest BCUT2D eigenvalue weighted by molar-refractivity contribution is 6.30. The lowest BCUT2D eigenvalue weighted by Crippen LogP contribution is -2.43. The molecule has 0 radical (unpaired) electrons. The molecule has 29 heavy (non-hydrogen) atoms. The van der Waals surface area contributed by atoms with Gasteiger partial charge in [0, 0.05) is 28.4 Å². The Morgan fingerprint density at radius 2 is 2.14 bits per heavy atom. The molecule has 0 saturated heterocycles. The van der Waals surface area contributed by atoms with Crippen LogP contribution in [0.3, 0.4) is 0 Å². The number of amides is 1. The van der Waals surface area contributed by atoms with Crippen molar-refractivity contribution in [3.8, 4) is 17.4 Å². The molecule has 2 N–H and O–H groups in total. The lowest BCUT2D eigenvalue weighted by molar-refractivity contribution is -0.672. The number of halogens is 1. The predicted molar refractivity (Wildman–Crippen MR) is 97.0 cm³/mol. The zero-order valence-corrected chi connectivity index (χ0v) is 15.8. The summed E-state index contributed by atoms with van der Waals surface area (Å²) >= 11 is 5.95. The van der Waals surface area contributed by atoms with E-state index >= 15 is 0 Å². The third kappa shape index (κ3) is 3.00. The number of hydrogen-bond acceptors (Lipinski definition) is 7. The molecule has 0 aliphatic carbocycles. The van der Waals surface area contributed by atoms with Gasteiger partial charge in [0.2, 0.25) is 5.78 Å². The molecule has 0 spiro atoms. The van der Waals surface area contributed by atoms with E-state index in [2.05, 4.69) is 15.1 Å². The second kappa shape index (κ2) is 6.87. The van der Waals surface area contributed by atoms with Crippen molar-refractivity contribution >= 4 is 29.0 Å². The highest BCUT2D eigenvalue weighted by Gasteiger charge is 2.48. The van der Waals surface area contributed by atoms with Gasteiger partial charge in [-0.15, -0.1) is 0 Å². The van der Waals surface area contributed by atoms with Gasteiger partial charge in [-0.1, -0.05) is 29.8 Å². The van der Waals surface area contributed by atoms with Crippen molar-refractivity contribution in [1.82, 2.24) is 5.27 Å². The van der Waals surface area contributed by atoms with E-state index in [4.69, 9.17) is 16.3 Å². The van der Waals surface area contributed by atoms with Crippen molar-refractivity contribution in [3.05, 3.63) is 58.7 Å². The third-order valence-corrected chi connectivity index (χ3v) is 4.89. The van der Waals surface area contributed by atoms with Crippen LogP contribution in [0, 0.1) is 0 Å². The van der Waals surface area contributed by atoms with E-state index in [9.17, 15) is 19.8 Å². The minimum absolute atomic E-state index is 0.231. The van der Waals surface area contributed by atoms with E-state index in [1.807, 2.05) is 0 Å². The first-order chi connectivity index (χ1) is 13.8. The lowest BCUT2D eigenvalue weighted by Gasteiger charge is -2.19. The summed E-state index contributed by atoms with van der Waals surface area (Å²) in [6.45, 7) is 0. The van der Waals surface area contributed by atoms with E-state index < -0.39 is 35.4 Å². The zero-order valence-electron chi connectivity index (χ0n) is 15.0. The minimum Gasteiger partial charge on any atom is -0.539 e. The van der Waals surface area contributed by atoms with Crippen molar-refractivity contribution in [3.63, 3.8) is 0 Å². The van der Waals surface area contributed by atoms with Gasteiger partial charge in [-0.2, -0.15) is 0 Å². The van der Waals surface area contributed by atoms with Gasteiger partial charge in [-0.3, -0.25) is 9.59 Å². The monoisotopic (exact) mass is 415 g/mol. The number of nitrogens with one attached hydrogen (secondary N) is 1. The summed E-state index contributed by atoms with van der Waals surface area (Å²) < 4.78 is 10.8. The van der Waals surface area contributed by atoms with Crippen LogP contribution in [-0.2, 0) is 10.4 Å². The number of aliphatic hydroxyl groups is 1. The van der Waals surface area contributed by atoms with Crippen LogP contribution in [0.4, 0.5) is 5.69 Å². The van der Waals surface area contributed by atoms with Crippen LogP contribution < -0.4 is 19.8 Å². The molecule has 4 rings (SSSR count). The summed E-state index contributed by atoms with van der Waals surface area (Å²) in [7, 11) is 1.39. The van der Waals surface area contributed by atoms with Crippen LogP contribution in [0.25, 0.3) is 5.69 Å². The van der Waals surface area contributed by atoms with Gasteiger partial charge in [-0.25, -0.2) is 0 Å². The molecule has 9 nitrogen and oxygen atoms in total. The van der Waals surface area contributed by atoms with E-state index in [0.29, 0.717) is 10.7 Å². The fourth-order valence-corrected chi connectivity index (χ4v) is 3.43. The quantitative estimate of drug-likeness (QED) is 0.471. The first-order valence-electron chi connectivity index (χ1n) is 8.44. The molecule has 1 aromatic heterocycles. The summed E-state index contributed by atoms with van der Waals surface area (Å²) in [5.41, 5.74) is -1.71. The Hall–Kier alpha value is -3.43. The molecule has 0 bridgehead atoms. The standard InChI is InChI=1S/C19H14ClN3O6/c1-28-15-8-10(20)6-7-13(15)23-16(17(25)29-22-23)14(24)9-19(27)11-4-2-3-5-12(11)21-18(19)26/h2-8,27H,9H2,1H3,(H-,21,22,24,25,26). The average molecular weight is 416 g/mol. The van der Waals surface area contributed by atoms with Crippen LogP contribution >= 0.6 is 11.6 Å². The Morgan fingerprint density at radius 3 is 2.90 bits per heavy atom. The number of hydrogen-bond donors (Lipinski definition) is 2. The fraction of sp³-hybridized carbons (Fsp3) is 0.158. The molecule has 1 atom stereocenters. The first kappa shape index (κ1) is 18.9. The Kier molecular flexibility index (Phi) is 4.48. The molecule has 0 fully saturated rings. The number of carbonyl (C=O) groups is 2. The van der Waals surface area contributed by atoms with Crippen molar-refractivity contribution in [2.45, 2.75) is 12.0 Å². The van der Waals surface area contributed by atoms with Crippen molar-refractivity contribution in [2.75, 3.05) is 12.4 Å². The number of rotatable bonds is 5. The average Bonchev–Trinajstić information content (AvgIpc) is 3.19. The summed E-state index contributed by atoms with van der Waals surface area (Å²) in [5.74, 6) is -2.36. The number of ether oxygens (including phenoxy) is 1. The molecule has 1 unspecified atom stereocenters. The molecule has 10 heteroatoms. The molecule has 1 aliphatic rings. The maximum Gasteiger partial charge on any atom is 0.306 e. The topological polar surface area (TPSA) is 129 Å². The number of fused-ring (bicyclic) bond motifs is 1. The molecule has 3 aromatic rings. The number of para-hydroxylation sites is 1. The van der Waals surface area contributed by atoms with Crippen LogP contribution in [0.2, 0.25) is 5.02 Å². The molecule has 2 heterocycles. The van der Waals surface area contributed by atoms with Crippen LogP contribution in [0.15, 0.2) is 47.0 Å². The molecule has 1 amide bonds. The highest BCUT2D eigenvalue weighted by atomic mass is 35.5. The van der Waals surface area contributed by atoms with E-state index in [0.717, 1.165) is 4.68 Å². The lowest BCUT2D eigenvalue weighted by atomic mass is 9.89. The number of carbonyl (C=O) groups excluding carboxylic acids is 2. The molecule has 148 valence electrons. The molecular weight excluding hydrogens is 402 g/mol. The van der Waals surface area contributed by atoms with Crippen molar-refractivity contribution in [1.29, 1.82) is 0 Å². The van der Waals surface area contributed by atoms with Gasteiger partial charge in [0.25, 0.3) is 11.6 Å². The summed E-state index contributed by atoms with van der Waals surface area (Å²) in [4.78, 5) is 25.3. The van der Waals surface area contributed by atoms with Crippen LogP contribution in [-0.4, -0.2) is 29.2 Å². The largest absolute Gasteiger partial charge is 0.539 e. The van der Waals surface area contributed by atoms with E-state index in [1.165, 1.54) is 31.4 Å². The Bertz CT molecular complexity index is 1140. The second-order valence-electron chi connectivity index (χ2n) is 6.40. The van der Waals surface area contributed by atoms with Gasteiger partial charge in [0.1, 0.15) is 0 Å². The maximum absolute atomic E-state index is 13.0. The van der Waals surface area contributed by atoms with E-state index in [1.54, 1.807) is 18.2 Å². The maximum atomic E-state index is 13.0. The molecule has 1 aliphatic heterocycles. The Morgan fingerprint density at radius 1 is 1.38 bits per heavy atom. The normalized spacial score (nSPS) is 17.7. The van der Waals surface area contributed by atoms with Gasteiger partial charge < -0.3 is 24.8 Å². The van der Waals surface area contributed by atoms with Crippen molar-refractivity contribution in [2.24, 2.45) is 0 Å². The number of anilines is 1. The van der Waals surface area contributed by atoms with Gasteiger partial charge in [0.05, 0.1) is 18.8 Å². The second-order valence-corrected chi connectivity index (χ2v) is 6.83. The van der Waals surface area contributed by atoms with Crippen LogP contribution in [0.5, 0.6) is 11.7 Å². The number of ketones is 1. The van der Waals surface area contributed by atoms with Gasteiger partial charge >= 0.3 is 5.69 Å². The van der Waals surface area contributed by atoms with E-state index in [-0.39, 0.29) is 17.0 Å². The molecule has 0 saturated carbocycles. The predicted octanol–water partition coefficient (Wildman–Crippen LogP) is 1.10. The third-order valence-electron chi connectivity index (χ3n) is 4.66. The first-order valence-corrected chi connectivity index (χ1v) is 8.82. The summed E-state index contributed by atoms with van der Waals surface area (Å²) in [5, 5.41) is 29.6. The summed E-state index contributed by atoms with van der Waals surface area (Å²) in [6, 6.07) is 10.9. The fourth-order valence-electron chi connectivity index (χ4n) is 3.26.